The van der Waals surface area contributed by atoms with Crippen LogP contribution in [0.25, 0.3) is 0 Å². The predicted molar refractivity (Wildman–Crippen MR) is 87.2 cm³/mol. The maximum atomic E-state index is 5.17. The van der Waals surface area contributed by atoms with Crippen molar-refractivity contribution in [2.45, 2.75) is 0 Å². The number of rotatable bonds is 4. The van der Waals surface area contributed by atoms with E-state index in [1.165, 1.54) is 0 Å². The second-order valence-corrected chi connectivity index (χ2v) is 1.33. The van der Waals surface area contributed by atoms with Crippen LogP contribution in [0.5, 0.6) is 0 Å². The number of nitrogens with one attached hydrogen (secondary N) is 1. The van der Waals surface area contributed by atoms with E-state index < -0.39 is 0 Å². The molecule has 5 N–H and O–H groups in total. The molecule has 0 atom stereocenters. The van der Waals surface area contributed by atoms with E-state index in [0.717, 1.165) is 13.1 Å². The zero-order valence-corrected chi connectivity index (χ0v) is 11.6. The first-order valence-electron chi connectivity index (χ1n) is 5.02. The highest BCUT2D eigenvalue weighted by atomic mass is 14.9. The van der Waals surface area contributed by atoms with Crippen molar-refractivity contribution in [1.29, 1.82) is 0 Å². The Morgan fingerprint density at radius 3 is 0.824 bits per heavy atom. The van der Waals surface area contributed by atoms with E-state index in [9.17, 15) is 0 Å². The van der Waals surface area contributed by atoms with E-state index in [4.69, 9.17) is 11.5 Å². The van der Waals surface area contributed by atoms with Gasteiger partial charge in [-0.05, 0) is 0 Å². The van der Waals surface area contributed by atoms with Crippen LogP contribution in [-0.2, 0) is 0 Å². The molecule has 0 saturated carbocycles. The van der Waals surface area contributed by atoms with Gasteiger partial charge in [0.15, 0.2) is 0 Å². The highest BCUT2D eigenvalue weighted by molar-refractivity contribution is 4.45. The molecule has 0 aromatic heterocycles. The Hall–Kier alpha value is -1.42. The molecule has 0 aliphatic carbocycles. The van der Waals surface area contributed by atoms with Crippen LogP contribution in [-0.4, -0.2) is 26.2 Å². The third-order valence-corrected chi connectivity index (χ3v) is 0.642. The van der Waals surface area contributed by atoms with Crippen molar-refractivity contribution in [2.24, 2.45) is 11.5 Å². The summed E-state index contributed by atoms with van der Waals surface area (Å²) >= 11 is 0. The van der Waals surface area contributed by atoms with Crippen molar-refractivity contribution in [3.8, 4) is 0 Å². The fourth-order valence-electron chi connectivity index (χ4n) is 0.329. The van der Waals surface area contributed by atoms with Crippen LogP contribution in [0.3, 0.4) is 0 Å². The van der Waals surface area contributed by atoms with Crippen LogP contribution in [0.15, 0.2) is 65.8 Å². The van der Waals surface area contributed by atoms with Gasteiger partial charge in [-0.25, -0.2) is 0 Å². The first-order valence-corrected chi connectivity index (χ1v) is 5.02. The average Bonchev–Trinajstić information content (AvgIpc) is 2.50. The average molecular weight is 243 g/mol. The molecule has 104 valence electrons. The lowest BCUT2D eigenvalue weighted by atomic mass is 10.6. The molecule has 0 saturated heterocycles. The van der Waals surface area contributed by atoms with E-state index >= 15 is 0 Å². The molecule has 0 amide bonds. The Labute approximate surface area is 109 Å². The molecule has 3 heteroatoms. The predicted octanol–water partition coefficient (Wildman–Crippen LogP) is 2.50. The minimum absolute atomic E-state index is 0.694. The number of hydrogen-bond donors (Lipinski definition) is 3. The fourth-order valence-corrected chi connectivity index (χ4v) is 0.329. The Morgan fingerprint density at radius 2 is 0.706 bits per heavy atom. The minimum atomic E-state index is 0.694. The van der Waals surface area contributed by atoms with E-state index in [-0.39, 0.29) is 0 Å². The Bertz CT molecular complexity index is 62.3. The Morgan fingerprint density at radius 1 is 0.529 bits per heavy atom. The number of nitrogens with two attached hydrogens (primary N) is 2. The van der Waals surface area contributed by atoms with Crippen LogP contribution in [0, 0.1) is 0 Å². The van der Waals surface area contributed by atoms with Crippen molar-refractivity contribution in [3.05, 3.63) is 65.8 Å². The van der Waals surface area contributed by atoms with Crippen LogP contribution < -0.4 is 16.8 Å². The maximum absolute atomic E-state index is 5.17. The quantitative estimate of drug-likeness (QED) is 0.525. The third-order valence-electron chi connectivity index (χ3n) is 0.642. The Balaban J connectivity index is -0.0000000257. The highest BCUT2D eigenvalue weighted by Gasteiger charge is 1.76. The third kappa shape index (κ3) is 347. The molecule has 0 aromatic carbocycles. The molecule has 0 heterocycles. The van der Waals surface area contributed by atoms with Crippen LogP contribution >= 0.6 is 0 Å². The van der Waals surface area contributed by atoms with Gasteiger partial charge in [-0.3, -0.25) is 0 Å². The summed E-state index contributed by atoms with van der Waals surface area (Å²) in [4.78, 5) is 0. The first-order chi connectivity index (χ1) is 8.41. The summed E-state index contributed by atoms with van der Waals surface area (Å²) in [6.45, 7) is 33.1. The molecule has 0 unspecified atom stereocenters. The molecular formula is C14H33N3. The standard InChI is InChI=1S/C4H13N3.5C2H4/c5-1-3-7-4-2-6;5*1-2/h7H,1-6H2;5*1-2H2. The van der Waals surface area contributed by atoms with Crippen molar-refractivity contribution in [3.63, 3.8) is 0 Å². The van der Waals surface area contributed by atoms with E-state index in [1.54, 1.807) is 0 Å². The summed E-state index contributed by atoms with van der Waals surface area (Å²) in [5, 5.41) is 3.03. The van der Waals surface area contributed by atoms with Gasteiger partial charge in [0.05, 0.1) is 0 Å². The maximum Gasteiger partial charge on any atom is 0.00750 e. The largest absolute Gasteiger partial charge is 0.329 e. The molecule has 17 heavy (non-hydrogen) atoms. The van der Waals surface area contributed by atoms with E-state index in [0.29, 0.717) is 13.1 Å². The second kappa shape index (κ2) is 210. The lowest BCUT2D eigenvalue weighted by Gasteiger charge is -1.95. The zero-order chi connectivity index (χ0) is 15.5. The molecule has 0 aliphatic heterocycles. The van der Waals surface area contributed by atoms with Gasteiger partial charge in [-0.2, -0.15) is 0 Å². The monoisotopic (exact) mass is 243 g/mol. The molecule has 0 rings (SSSR count). The van der Waals surface area contributed by atoms with Gasteiger partial charge in [-0.1, -0.05) is 0 Å². The topological polar surface area (TPSA) is 64.1 Å². The molecule has 0 spiro atoms. The summed E-state index contributed by atoms with van der Waals surface area (Å²) in [6.07, 6.45) is 0. The molecule has 0 aromatic rings. The summed E-state index contributed by atoms with van der Waals surface area (Å²) in [5.41, 5.74) is 10.3. The van der Waals surface area contributed by atoms with E-state index in [2.05, 4.69) is 71.1 Å². The number of hydrogen-bond acceptors (Lipinski definition) is 3. The summed E-state index contributed by atoms with van der Waals surface area (Å²) < 4.78 is 0. The van der Waals surface area contributed by atoms with E-state index in [1.807, 2.05) is 0 Å². The fraction of sp³-hybridized carbons (Fsp3) is 0.286. The second-order valence-electron chi connectivity index (χ2n) is 1.33. The molecule has 0 fully saturated rings. The first kappa shape index (κ1) is 36.1. The zero-order valence-electron chi connectivity index (χ0n) is 11.6. The van der Waals surface area contributed by atoms with Crippen molar-refractivity contribution in [1.82, 2.24) is 5.32 Å². The highest BCUT2D eigenvalue weighted by Crippen LogP contribution is 1.49. The van der Waals surface area contributed by atoms with Gasteiger partial charge >= 0.3 is 0 Å². The SMILES string of the molecule is C=C.C=C.C=C.C=C.C=C.NCCNCCN. The van der Waals surface area contributed by atoms with Gasteiger partial charge in [0.2, 0.25) is 0 Å². The lowest BCUT2D eigenvalue weighted by Crippen LogP contribution is -2.27. The minimum Gasteiger partial charge on any atom is -0.329 e. The lowest BCUT2D eigenvalue weighted by molar-refractivity contribution is 0.696. The smallest absolute Gasteiger partial charge is 0.00750 e. The van der Waals surface area contributed by atoms with Gasteiger partial charge in [0.1, 0.15) is 0 Å². The van der Waals surface area contributed by atoms with Gasteiger partial charge in [-0.15, -0.1) is 65.8 Å². The van der Waals surface area contributed by atoms with Crippen LogP contribution in [0.2, 0.25) is 0 Å². The summed E-state index contributed by atoms with van der Waals surface area (Å²) in [5.74, 6) is 0. The molecule has 3 nitrogen and oxygen atoms in total. The molecule has 0 radical (unpaired) electrons. The normalized spacial score (nSPS) is 5.06. The summed E-state index contributed by atoms with van der Waals surface area (Å²) in [7, 11) is 0. The Kier molecular flexibility index (Phi) is 445. The van der Waals surface area contributed by atoms with Crippen LogP contribution in [0.1, 0.15) is 0 Å². The van der Waals surface area contributed by atoms with Crippen LogP contribution in [0.4, 0.5) is 0 Å². The van der Waals surface area contributed by atoms with Gasteiger partial charge in [0, 0.05) is 26.2 Å². The van der Waals surface area contributed by atoms with Gasteiger partial charge in [0.25, 0.3) is 0 Å². The molecule has 0 aliphatic rings. The molecule has 0 bridgehead atoms. The van der Waals surface area contributed by atoms with Crippen molar-refractivity contribution in [2.75, 3.05) is 26.2 Å². The van der Waals surface area contributed by atoms with Gasteiger partial charge < -0.3 is 16.8 Å². The van der Waals surface area contributed by atoms with Crippen molar-refractivity contribution >= 4 is 0 Å². The van der Waals surface area contributed by atoms with Crippen molar-refractivity contribution < 1.29 is 0 Å². The molecular weight excluding hydrogens is 210 g/mol. The summed E-state index contributed by atoms with van der Waals surface area (Å²) in [6, 6.07) is 0.